The summed E-state index contributed by atoms with van der Waals surface area (Å²) < 4.78 is 16.1. The number of amidine groups is 1. The highest BCUT2D eigenvalue weighted by Gasteiger charge is 2.30. The van der Waals surface area contributed by atoms with Crippen molar-refractivity contribution in [2.45, 2.75) is 70.9 Å². The van der Waals surface area contributed by atoms with Crippen molar-refractivity contribution in [3.05, 3.63) is 137 Å². The number of esters is 2. The molecule has 0 fully saturated rings. The van der Waals surface area contributed by atoms with Gasteiger partial charge in [-0.25, -0.2) is 9.59 Å². The minimum Gasteiger partial charge on any atom is -0.461 e. The van der Waals surface area contributed by atoms with Crippen molar-refractivity contribution in [1.82, 2.24) is 26.3 Å². The zero-order valence-corrected chi connectivity index (χ0v) is 31.9. The van der Waals surface area contributed by atoms with Crippen LogP contribution >= 0.6 is 0 Å². The third-order valence-corrected chi connectivity index (χ3v) is 7.92. The maximum Gasteiger partial charge on any atom is 0.413 e. The first kappa shape index (κ1) is 42.8. The number of hydrogen-bond donors (Lipinski definition) is 5. The Bertz CT molecular complexity index is 1990. The Morgan fingerprint density at radius 3 is 1.86 bits per heavy atom. The van der Waals surface area contributed by atoms with Crippen molar-refractivity contribution in [1.29, 1.82) is 5.41 Å². The van der Waals surface area contributed by atoms with Gasteiger partial charge in [0.1, 0.15) is 42.4 Å². The predicted molar refractivity (Wildman–Crippen MR) is 208 cm³/mol. The molecule has 4 amide bonds. The molecule has 0 unspecified atom stereocenters. The summed E-state index contributed by atoms with van der Waals surface area (Å²) in [5.41, 5.74) is 1.64. The lowest BCUT2D eigenvalue weighted by Gasteiger charge is -2.23. The van der Waals surface area contributed by atoms with Gasteiger partial charge in [-0.1, -0.05) is 91.0 Å². The lowest BCUT2D eigenvalue weighted by atomic mass is 10.0. The zero-order chi connectivity index (χ0) is 41.2. The van der Waals surface area contributed by atoms with Gasteiger partial charge in [-0.2, -0.15) is 0 Å². The summed E-state index contributed by atoms with van der Waals surface area (Å²) in [7, 11) is 0. The summed E-state index contributed by atoms with van der Waals surface area (Å²) in [4.78, 5) is 82.0. The van der Waals surface area contributed by atoms with Crippen LogP contribution in [0.1, 0.15) is 66.4 Å². The monoisotopic (exact) mass is 778 g/mol. The fraction of sp³-hybridized carbons (Fsp3) is 0.286. The van der Waals surface area contributed by atoms with E-state index in [0.29, 0.717) is 0 Å². The van der Waals surface area contributed by atoms with Gasteiger partial charge < -0.3 is 30.2 Å². The van der Waals surface area contributed by atoms with Gasteiger partial charge in [0.2, 0.25) is 11.8 Å². The number of ether oxygens (including phenoxy) is 3. The standard InChI is InChI=1S/C42H46N6O9/c1-42(2,3)57-41(54)48-37(43)31-19-20-32(45-25-31)38(51)44-22-21-35(49)46-33(24-36(50)55-26-29-15-9-5-10-16-29)39(52)47-34(23-28-13-7-4-8-14-28)40(53)56-27-30-17-11-6-12-18-30/h4-20,25,33-34H,21-24,26-27H2,1-3H3,(H,44,51)(H,46,49)(H,47,52)(H2,43,48,54)/t33-,34-/m0/s1. The van der Waals surface area contributed by atoms with E-state index in [1.54, 1.807) is 93.6 Å². The summed E-state index contributed by atoms with van der Waals surface area (Å²) in [6, 6.07) is 27.0. The molecular weight excluding hydrogens is 732 g/mol. The molecule has 0 saturated carbocycles. The van der Waals surface area contributed by atoms with Crippen LogP contribution in [0.5, 0.6) is 0 Å². The largest absolute Gasteiger partial charge is 0.461 e. The minimum atomic E-state index is -1.45. The lowest BCUT2D eigenvalue weighted by Crippen LogP contribution is -2.53. The second-order valence-corrected chi connectivity index (χ2v) is 13.8. The van der Waals surface area contributed by atoms with E-state index >= 15 is 0 Å². The summed E-state index contributed by atoms with van der Waals surface area (Å²) in [6.45, 7) is 4.79. The Morgan fingerprint density at radius 2 is 1.30 bits per heavy atom. The average molecular weight is 779 g/mol. The van der Waals surface area contributed by atoms with Crippen LogP contribution in [-0.2, 0) is 53.0 Å². The highest BCUT2D eigenvalue weighted by atomic mass is 16.6. The van der Waals surface area contributed by atoms with E-state index in [1.807, 2.05) is 18.2 Å². The van der Waals surface area contributed by atoms with Gasteiger partial charge in [-0.15, -0.1) is 0 Å². The molecule has 4 aromatic rings. The fourth-order valence-corrected chi connectivity index (χ4v) is 5.12. The average Bonchev–Trinajstić information content (AvgIpc) is 3.19. The van der Waals surface area contributed by atoms with Crippen LogP contribution in [0.4, 0.5) is 4.79 Å². The molecule has 2 atom stereocenters. The third-order valence-electron chi connectivity index (χ3n) is 7.92. The number of pyridine rings is 1. The number of alkyl carbamates (subject to hydrolysis) is 1. The summed E-state index contributed by atoms with van der Waals surface area (Å²) in [6.07, 6.45) is -0.359. The Hall–Kier alpha value is -6.90. The molecule has 0 radical (unpaired) electrons. The molecular formula is C42H46N6O9. The quantitative estimate of drug-likeness (QED) is 0.0447. The zero-order valence-electron chi connectivity index (χ0n) is 31.9. The summed E-state index contributed by atoms with van der Waals surface area (Å²) in [5.74, 6) is -3.90. The number of hydrogen-bond acceptors (Lipinski definition) is 11. The van der Waals surface area contributed by atoms with Crippen LogP contribution in [0, 0.1) is 5.41 Å². The molecule has 0 bridgehead atoms. The van der Waals surface area contributed by atoms with Crippen molar-refractivity contribution >= 4 is 41.6 Å². The number of amides is 4. The molecule has 15 heteroatoms. The smallest absolute Gasteiger partial charge is 0.413 e. The molecule has 0 saturated heterocycles. The topological polar surface area (TPSA) is 215 Å². The molecule has 298 valence electrons. The maximum absolute atomic E-state index is 13.8. The van der Waals surface area contributed by atoms with Crippen molar-refractivity contribution in [3.63, 3.8) is 0 Å². The first-order chi connectivity index (χ1) is 27.3. The van der Waals surface area contributed by atoms with Gasteiger partial charge in [-0.05, 0) is 49.6 Å². The van der Waals surface area contributed by atoms with Crippen LogP contribution in [-0.4, -0.2) is 70.8 Å². The molecule has 0 aliphatic heterocycles. The summed E-state index contributed by atoms with van der Waals surface area (Å²) >= 11 is 0. The van der Waals surface area contributed by atoms with Crippen LogP contribution in [0.2, 0.25) is 0 Å². The van der Waals surface area contributed by atoms with Crippen LogP contribution < -0.4 is 21.3 Å². The van der Waals surface area contributed by atoms with E-state index in [4.69, 9.17) is 19.6 Å². The van der Waals surface area contributed by atoms with Crippen molar-refractivity contribution in [2.75, 3.05) is 6.54 Å². The second-order valence-electron chi connectivity index (χ2n) is 13.8. The van der Waals surface area contributed by atoms with E-state index in [0.717, 1.165) is 16.7 Å². The molecule has 1 heterocycles. The first-order valence-corrected chi connectivity index (χ1v) is 18.1. The number of nitrogens with one attached hydrogen (secondary N) is 5. The van der Waals surface area contributed by atoms with E-state index in [2.05, 4.69) is 26.3 Å². The maximum atomic E-state index is 13.8. The van der Waals surface area contributed by atoms with Gasteiger partial charge in [0.25, 0.3) is 5.91 Å². The first-order valence-electron chi connectivity index (χ1n) is 18.1. The number of rotatable bonds is 17. The molecule has 0 aliphatic rings. The number of carbonyl (C=O) groups is 6. The Morgan fingerprint density at radius 1 is 0.719 bits per heavy atom. The van der Waals surface area contributed by atoms with Crippen LogP contribution in [0.15, 0.2) is 109 Å². The molecule has 1 aromatic heterocycles. The molecule has 57 heavy (non-hydrogen) atoms. The Kier molecular flexibility index (Phi) is 16.0. The van der Waals surface area contributed by atoms with E-state index < -0.39 is 59.9 Å². The van der Waals surface area contributed by atoms with Gasteiger partial charge in [-0.3, -0.25) is 34.9 Å². The van der Waals surface area contributed by atoms with E-state index in [9.17, 15) is 28.8 Å². The number of nitrogens with zero attached hydrogens (tertiary/aromatic N) is 1. The fourth-order valence-electron chi connectivity index (χ4n) is 5.12. The van der Waals surface area contributed by atoms with Crippen LogP contribution in [0.25, 0.3) is 0 Å². The molecule has 5 N–H and O–H groups in total. The van der Waals surface area contributed by atoms with E-state index in [-0.39, 0.29) is 49.7 Å². The van der Waals surface area contributed by atoms with Gasteiger partial charge in [0.05, 0.1) is 6.42 Å². The molecule has 15 nitrogen and oxygen atoms in total. The van der Waals surface area contributed by atoms with Crippen molar-refractivity contribution < 1.29 is 43.0 Å². The highest BCUT2D eigenvalue weighted by molar-refractivity contribution is 6.04. The molecule has 4 rings (SSSR count). The number of benzene rings is 3. The molecule has 0 aliphatic carbocycles. The summed E-state index contributed by atoms with van der Waals surface area (Å²) in [5, 5.41) is 18.1. The number of aromatic nitrogens is 1. The lowest BCUT2D eigenvalue weighted by molar-refractivity contribution is -0.150. The molecule has 0 spiro atoms. The van der Waals surface area contributed by atoms with Gasteiger partial charge in [0, 0.05) is 31.1 Å². The van der Waals surface area contributed by atoms with Gasteiger partial charge in [0.15, 0.2) is 0 Å². The number of carbonyl (C=O) groups excluding carboxylic acids is 6. The van der Waals surface area contributed by atoms with Gasteiger partial charge >= 0.3 is 18.0 Å². The molecule has 3 aromatic carbocycles. The minimum absolute atomic E-state index is 0.0220. The normalized spacial score (nSPS) is 11.8. The van der Waals surface area contributed by atoms with Crippen LogP contribution in [0.3, 0.4) is 0 Å². The Labute approximate surface area is 330 Å². The van der Waals surface area contributed by atoms with Crippen molar-refractivity contribution in [2.24, 2.45) is 0 Å². The second kappa shape index (κ2) is 21.3. The predicted octanol–water partition coefficient (Wildman–Crippen LogP) is 4.14. The Balaban J connectivity index is 1.38. The highest BCUT2D eigenvalue weighted by Crippen LogP contribution is 2.11. The van der Waals surface area contributed by atoms with Crippen molar-refractivity contribution in [3.8, 4) is 0 Å². The third kappa shape index (κ3) is 15.4. The van der Waals surface area contributed by atoms with E-state index in [1.165, 1.54) is 18.3 Å². The SMILES string of the molecule is CC(C)(C)OC(=O)NC(=N)c1ccc(C(=O)NCCC(=O)N[C@@H](CC(=O)OCc2ccccc2)C(=O)N[C@@H](Cc2ccccc2)C(=O)OCc2ccccc2)nc1.